The summed E-state index contributed by atoms with van der Waals surface area (Å²) >= 11 is 0. The minimum atomic E-state index is -0.221. The Morgan fingerprint density at radius 2 is 1.92 bits per heavy atom. The van der Waals surface area contributed by atoms with Crippen molar-refractivity contribution in [3.05, 3.63) is 59.7 Å². The van der Waals surface area contributed by atoms with E-state index in [4.69, 9.17) is 5.11 Å². The van der Waals surface area contributed by atoms with Crippen LogP contribution in [-0.2, 0) is 11.4 Å². The number of carbonyl (C=O) groups excluding carboxylic acids is 2. The van der Waals surface area contributed by atoms with E-state index in [2.05, 4.69) is 5.32 Å². The van der Waals surface area contributed by atoms with Crippen LogP contribution in [0.5, 0.6) is 0 Å². The highest BCUT2D eigenvalue weighted by atomic mass is 16.3. The Hall–Kier alpha value is -2.66. The summed E-state index contributed by atoms with van der Waals surface area (Å²) in [6, 6.07) is 14.2. The first-order valence-electron chi connectivity index (χ1n) is 8.09. The molecule has 1 aliphatic heterocycles. The zero-order chi connectivity index (χ0) is 16.9. The van der Waals surface area contributed by atoms with Crippen LogP contribution in [0.15, 0.2) is 48.5 Å². The average molecular weight is 324 g/mol. The number of nitrogens with one attached hydrogen (secondary N) is 1. The molecule has 124 valence electrons. The fourth-order valence-corrected chi connectivity index (χ4v) is 2.82. The van der Waals surface area contributed by atoms with Gasteiger partial charge in [0.05, 0.1) is 6.61 Å². The van der Waals surface area contributed by atoms with E-state index in [0.717, 1.165) is 30.6 Å². The maximum atomic E-state index is 12.3. The van der Waals surface area contributed by atoms with Crippen LogP contribution >= 0.6 is 0 Å². The van der Waals surface area contributed by atoms with Gasteiger partial charge in [0.15, 0.2) is 0 Å². The number of anilines is 2. The van der Waals surface area contributed by atoms with Crippen molar-refractivity contribution in [3.63, 3.8) is 0 Å². The number of benzene rings is 2. The van der Waals surface area contributed by atoms with Crippen LogP contribution in [0, 0.1) is 0 Å². The van der Waals surface area contributed by atoms with E-state index in [9.17, 15) is 9.59 Å². The third-order valence-electron chi connectivity index (χ3n) is 4.13. The molecule has 24 heavy (non-hydrogen) atoms. The zero-order valence-corrected chi connectivity index (χ0v) is 13.4. The number of hydrogen-bond acceptors (Lipinski definition) is 3. The highest BCUT2D eigenvalue weighted by molar-refractivity contribution is 6.04. The Morgan fingerprint density at radius 1 is 1.12 bits per heavy atom. The second-order valence-electron chi connectivity index (χ2n) is 5.86. The van der Waals surface area contributed by atoms with E-state index in [1.807, 2.05) is 12.1 Å². The topological polar surface area (TPSA) is 69.6 Å². The first kappa shape index (κ1) is 16.2. The molecular weight excluding hydrogens is 304 g/mol. The fraction of sp³-hybridized carbons (Fsp3) is 0.263. The van der Waals surface area contributed by atoms with Gasteiger partial charge in [0.25, 0.3) is 5.91 Å². The lowest BCUT2D eigenvalue weighted by atomic mass is 10.1. The number of piperidine rings is 1. The van der Waals surface area contributed by atoms with Gasteiger partial charge < -0.3 is 15.3 Å². The van der Waals surface area contributed by atoms with Crippen LogP contribution in [0.25, 0.3) is 0 Å². The van der Waals surface area contributed by atoms with Crippen LogP contribution in [-0.4, -0.2) is 23.5 Å². The summed E-state index contributed by atoms with van der Waals surface area (Å²) in [5.41, 5.74) is 2.74. The molecule has 3 rings (SSSR count). The third kappa shape index (κ3) is 3.63. The number of carbonyl (C=O) groups is 2. The zero-order valence-electron chi connectivity index (χ0n) is 13.4. The normalized spacial score (nSPS) is 14.5. The number of hydrogen-bond donors (Lipinski definition) is 2. The molecule has 2 aromatic carbocycles. The Balaban J connectivity index is 1.70. The van der Waals surface area contributed by atoms with Crippen molar-refractivity contribution >= 4 is 23.2 Å². The molecule has 0 atom stereocenters. The van der Waals surface area contributed by atoms with Gasteiger partial charge in [-0.2, -0.15) is 0 Å². The first-order chi connectivity index (χ1) is 11.7. The SMILES string of the molecule is O=C(Nc1cccc(CO)c1)c1ccc(N2CCCCC2=O)cc1. The standard InChI is InChI=1S/C19H20N2O3/c22-13-14-4-3-5-16(12-14)20-19(24)15-7-9-17(10-8-15)21-11-2-1-6-18(21)23/h3-5,7-10,12,22H,1-2,6,11,13H2,(H,20,24). The molecule has 0 saturated carbocycles. The third-order valence-corrected chi connectivity index (χ3v) is 4.13. The lowest BCUT2D eigenvalue weighted by molar-refractivity contribution is -0.119. The minimum absolute atomic E-state index is 0.0672. The van der Waals surface area contributed by atoms with E-state index in [1.165, 1.54) is 0 Å². The summed E-state index contributed by atoms with van der Waals surface area (Å²) in [7, 11) is 0. The monoisotopic (exact) mass is 324 g/mol. The Morgan fingerprint density at radius 3 is 2.62 bits per heavy atom. The van der Waals surface area contributed by atoms with E-state index >= 15 is 0 Å². The van der Waals surface area contributed by atoms with Crippen molar-refractivity contribution in [1.82, 2.24) is 0 Å². The highest BCUT2D eigenvalue weighted by Crippen LogP contribution is 2.21. The predicted molar refractivity (Wildman–Crippen MR) is 93.0 cm³/mol. The molecule has 5 heteroatoms. The largest absolute Gasteiger partial charge is 0.392 e. The molecule has 2 amide bonds. The van der Waals surface area contributed by atoms with Gasteiger partial charge in [-0.3, -0.25) is 9.59 Å². The fourth-order valence-electron chi connectivity index (χ4n) is 2.82. The summed E-state index contributed by atoms with van der Waals surface area (Å²) < 4.78 is 0. The molecule has 1 heterocycles. The van der Waals surface area contributed by atoms with E-state index in [-0.39, 0.29) is 18.4 Å². The van der Waals surface area contributed by atoms with Crippen molar-refractivity contribution < 1.29 is 14.7 Å². The molecule has 0 aliphatic carbocycles. The van der Waals surface area contributed by atoms with E-state index in [0.29, 0.717) is 17.7 Å². The molecular formula is C19H20N2O3. The van der Waals surface area contributed by atoms with E-state index < -0.39 is 0 Å². The lowest BCUT2D eigenvalue weighted by Crippen LogP contribution is -2.35. The summed E-state index contributed by atoms with van der Waals surface area (Å²) in [5.74, 6) is -0.0825. The summed E-state index contributed by atoms with van der Waals surface area (Å²) in [6.45, 7) is 0.667. The van der Waals surface area contributed by atoms with E-state index in [1.54, 1.807) is 41.3 Å². The van der Waals surface area contributed by atoms with Crippen LogP contribution in [0.2, 0.25) is 0 Å². The number of rotatable bonds is 4. The second kappa shape index (κ2) is 7.27. The van der Waals surface area contributed by atoms with Crippen molar-refractivity contribution in [3.8, 4) is 0 Å². The molecule has 2 N–H and O–H groups in total. The Labute approximate surface area is 140 Å². The van der Waals surface area contributed by atoms with Crippen LogP contribution in [0.3, 0.4) is 0 Å². The highest BCUT2D eigenvalue weighted by Gasteiger charge is 2.19. The summed E-state index contributed by atoms with van der Waals surface area (Å²) in [6.07, 6.45) is 2.54. The second-order valence-corrected chi connectivity index (χ2v) is 5.86. The molecule has 2 aromatic rings. The van der Waals surface area contributed by atoms with Crippen molar-refractivity contribution in [2.45, 2.75) is 25.9 Å². The molecule has 1 aliphatic rings. The first-order valence-corrected chi connectivity index (χ1v) is 8.09. The molecule has 5 nitrogen and oxygen atoms in total. The van der Waals surface area contributed by atoms with Crippen molar-refractivity contribution in [2.24, 2.45) is 0 Å². The van der Waals surface area contributed by atoms with Gasteiger partial charge in [-0.1, -0.05) is 12.1 Å². The van der Waals surface area contributed by atoms with Gasteiger partial charge in [-0.05, 0) is 54.8 Å². The van der Waals surface area contributed by atoms with Gasteiger partial charge in [-0.25, -0.2) is 0 Å². The van der Waals surface area contributed by atoms with Gasteiger partial charge in [-0.15, -0.1) is 0 Å². The number of nitrogens with zero attached hydrogens (tertiary/aromatic N) is 1. The van der Waals surface area contributed by atoms with Crippen LogP contribution in [0.1, 0.15) is 35.2 Å². The minimum Gasteiger partial charge on any atom is -0.392 e. The maximum absolute atomic E-state index is 12.3. The van der Waals surface area contributed by atoms with Crippen molar-refractivity contribution in [2.75, 3.05) is 16.8 Å². The summed E-state index contributed by atoms with van der Waals surface area (Å²) in [5, 5.41) is 12.0. The molecule has 1 saturated heterocycles. The van der Waals surface area contributed by atoms with Gasteiger partial charge in [0.2, 0.25) is 5.91 Å². The molecule has 0 unspecified atom stereocenters. The number of amides is 2. The lowest BCUT2D eigenvalue weighted by Gasteiger charge is -2.26. The molecule has 0 radical (unpaired) electrons. The predicted octanol–water partition coefficient (Wildman–Crippen LogP) is 2.95. The van der Waals surface area contributed by atoms with Gasteiger partial charge >= 0.3 is 0 Å². The molecule has 0 spiro atoms. The molecule has 0 bridgehead atoms. The van der Waals surface area contributed by atoms with Gasteiger partial charge in [0, 0.05) is 29.9 Å². The Bertz CT molecular complexity index is 741. The van der Waals surface area contributed by atoms with Gasteiger partial charge in [0.1, 0.15) is 0 Å². The quantitative estimate of drug-likeness (QED) is 0.908. The van der Waals surface area contributed by atoms with Crippen LogP contribution < -0.4 is 10.2 Å². The molecule has 1 fully saturated rings. The van der Waals surface area contributed by atoms with Crippen LogP contribution in [0.4, 0.5) is 11.4 Å². The number of aliphatic hydroxyl groups is 1. The van der Waals surface area contributed by atoms with Crippen molar-refractivity contribution in [1.29, 1.82) is 0 Å². The smallest absolute Gasteiger partial charge is 0.255 e. The number of aliphatic hydroxyl groups excluding tert-OH is 1. The average Bonchev–Trinajstić information content (AvgIpc) is 2.62. The maximum Gasteiger partial charge on any atom is 0.255 e. The summed E-state index contributed by atoms with van der Waals surface area (Å²) in [4.78, 5) is 26.0. The molecule has 0 aromatic heterocycles. The Kier molecular flexibility index (Phi) is 4.91.